The van der Waals surface area contributed by atoms with Gasteiger partial charge in [-0.3, -0.25) is 4.79 Å². The van der Waals surface area contributed by atoms with E-state index in [1.807, 2.05) is 0 Å². The maximum atomic E-state index is 12.9. The fraction of sp³-hybridized carbons (Fsp3) is 0.273. The Morgan fingerprint density at radius 1 is 1.15 bits per heavy atom. The van der Waals surface area contributed by atoms with Gasteiger partial charge < -0.3 is 14.2 Å². The fourth-order valence-electron chi connectivity index (χ4n) is 2.81. The van der Waals surface area contributed by atoms with E-state index in [2.05, 4.69) is 12.6 Å². The minimum absolute atomic E-state index is 0.116. The number of hydrogen-bond donors (Lipinski definition) is 0. The highest BCUT2D eigenvalue weighted by molar-refractivity contribution is 5.98. The summed E-state index contributed by atoms with van der Waals surface area (Å²) in [6.45, 7) is 5.75. The maximum Gasteiger partial charge on any atom is 0.167 e. The first kappa shape index (κ1) is 20.1. The summed E-state index contributed by atoms with van der Waals surface area (Å²) in [4.78, 5) is 12.9. The summed E-state index contributed by atoms with van der Waals surface area (Å²) >= 11 is 0. The number of carbonyl (C=O) groups is 1. The van der Waals surface area contributed by atoms with Crippen LogP contribution in [0.2, 0.25) is 0 Å². The Labute approximate surface area is 159 Å². The van der Waals surface area contributed by atoms with E-state index in [9.17, 15) is 10.1 Å². The molecule has 0 heterocycles. The van der Waals surface area contributed by atoms with Crippen LogP contribution in [0, 0.1) is 17.2 Å². The molecule has 0 aliphatic carbocycles. The SMILES string of the molecule is C=CCOc1ccc(C(=O)C(C)C(C#N)c2ccc(OC)cc2OC)cc1. The van der Waals surface area contributed by atoms with Gasteiger partial charge in [0.05, 0.1) is 26.2 Å². The molecule has 2 unspecified atom stereocenters. The fourth-order valence-corrected chi connectivity index (χ4v) is 2.81. The van der Waals surface area contributed by atoms with Crippen molar-refractivity contribution in [3.05, 3.63) is 66.2 Å². The number of ketones is 1. The molecular weight excluding hydrogens is 342 g/mol. The minimum atomic E-state index is -0.643. The molecule has 2 aromatic carbocycles. The predicted molar refractivity (Wildman–Crippen MR) is 104 cm³/mol. The first-order valence-corrected chi connectivity index (χ1v) is 8.55. The van der Waals surface area contributed by atoms with E-state index in [-0.39, 0.29) is 5.78 Å². The van der Waals surface area contributed by atoms with Crippen LogP contribution in [0.1, 0.15) is 28.8 Å². The van der Waals surface area contributed by atoms with Crippen molar-refractivity contribution in [3.63, 3.8) is 0 Å². The minimum Gasteiger partial charge on any atom is -0.497 e. The lowest BCUT2D eigenvalue weighted by atomic mass is 9.83. The molecule has 5 heteroatoms. The van der Waals surface area contributed by atoms with E-state index in [1.165, 1.54) is 7.11 Å². The van der Waals surface area contributed by atoms with Crippen LogP contribution in [-0.2, 0) is 0 Å². The zero-order chi connectivity index (χ0) is 19.8. The lowest BCUT2D eigenvalue weighted by Gasteiger charge is -2.20. The number of Topliss-reactive ketones (excluding diaryl/α,β-unsaturated/α-hetero) is 1. The van der Waals surface area contributed by atoms with Crippen LogP contribution in [-0.4, -0.2) is 26.6 Å². The number of nitrogens with zero attached hydrogens (tertiary/aromatic N) is 1. The maximum absolute atomic E-state index is 12.9. The number of ether oxygens (including phenoxy) is 3. The highest BCUT2D eigenvalue weighted by Crippen LogP contribution is 2.35. The quantitative estimate of drug-likeness (QED) is 0.487. The summed E-state index contributed by atoms with van der Waals surface area (Å²) in [5.41, 5.74) is 1.19. The topological polar surface area (TPSA) is 68.6 Å². The Balaban J connectivity index is 2.26. The average molecular weight is 365 g/mol. The Morgan fingerprint density at radius 2 is 1.81 bits per heavy atom. The third kappa shape index (κ3) is 4.68. The van der Waals surface area contributed by atoms with Crippen molar-refractivity contribution in [2.45, 2.75) is 12.8 Å². The van der Waals surface area contributed by atoms with Crippen molar-refractivity contribution >= 4 is 5.78 Å². The normalized spacial score (nSPS) is 12.4. The summed E-state index contributed by atoms with van der Waals surface area (Å²) in [5.74, 6) is 0.504. The van der Waals surface area contributed by atoms with Gasteiger partial charge in [0.1, 0.15) is 23.9 Å². The largest absolute Gasteiger partial charge is 0.497 e. The Kier molecular flexibility index (Phi) is 7.01. The Hall–Kier alpha value is -3.26. The van der Waals surface area contributed by atoms with Crippen molar-refractivity contribution in [3.8, 4) is 23.3 Å². The van der Waals surface area contributed by atoms with Gasteiger partial charge >= 0.3 is 0 Å². The van der Waals surface area contributed by atoms with E-state index in [4.69, 9.17) is 14.2 Å². The molecule has 2 atom stereocenters. The number of methoxy groups -OCH3 is 2. The van der Waals surface area contributed by atoms with Gasteiger partial charge in [0.25, 0.3) is 0 Å². The van der Waals surface area contributed by atoms with Crippen LogP contribution in [0.5, 0.6) is 17.2 Å². The van der Waals surface area contributed by atoms with Crippen LogP contribution >= 0.6 is 0 Å². The summed E-state index contributed by atoms with van der Waals surface area (Å²) in [7, 11) is 3.09. The summed E-state index contributed by atoms with van der Waals surface area (Å²) in [6.07, 6.45) is 1.65. The second-order valence-electron chi connectivity index (χ2n) is 5.99. The standard InChI is InChI=1S/C22H23NO4/c1-5-12-27-17-8-6-16(7-9-17)22(24)15(2)20(14-23)19-11-10-18(25-3)13-21(19)26-4/h5-11,13,15,20H,1,12H2,2-4H3. The van der Waals surface area contributed by atoms with Gasteiger partial charge in [-0.15, -0.1) is 0 Å². The van der Waals surface area contributed by atoms with Gasteiger partial charge in [0.2, 0.25) is 0 Å². The molecule has 0 N–H and O–H groups in total. The van der Waals surface area contributed by atoms with E-state index in [1.54, 1.807) is 62.6 Å². The van der Waals surface area contributed by atoms with Crippen molar-refractivity contribution in [1.82, 2.24) is 0 Å². The number of rotatable bonds is 9. The third-order valence-corrected chi connectivity index (χ3v) is 4.34. The van der Waals surface area contributed by atoms with Gasteiger partial charge in [0.15, 0.2) is 5.78 Å². The number of nitriles is 1. The molecule has 0 aromatic heterocycles. The monoisotopic (exact) mass is 365 g/mol. The molecule has 27 heavy (non-hydrogen) atoms. The van der Waals surface area contributed by atoms with Crippen molar-refractivity contribution < 1.29 is 19.0 Å². The van der Waals surface area contributed by atoms with E-state index < -0.39 is 11.8 Å². The van der Waals surface area contributed by atoms with Gasteiger partial charge in [-0.25, -0.2) is 0 Å². The molecule has 0 amide bonds. The third-order valence-electron chi connectivity index (χ3n) is 4.34. The summed E-state index contributed by atoms with van der Waals surface area (Å²) < 4.78 is 16.0. The predicted octanol–water partition coefficient (Wildman–Crippen LogP) is 4.39. The molecule has 0 bridgehead atoms. The van der Waals surface area contributed by atoms with Gasteiger partial charge in [0, 0.05) is 23.1 Å². The first-order chi connectivity index (χ1) is 13.0. The van der Waals surface area contributed by atoms with Gasteiger partial charge in [-0.1, -0.05) is 25.6 Å². The van der Waals surface area contributed by atoms with Crippen molar-refractivity contribution in [1.29, 1.82) is 5.26 Å². The highest BCUT2D eigenvalue weighted by Gasteiger charge is 2.29. The molecule has 5 nitrogen and oxygen atoms in total. The second kappa shape index (κ2) is 9.44. The van der Waals surface area contributed by atoms with Crippen LogP contribution in [0.3, 0.4) is 0 Å². The molecule has 0 radical (unpaired) electrons. The van der Waals surface area contributed by atoms with Crippen LogP contribution in [0.4, 0.5) is 0 Å². The zero-order valence-electron chi connectivity index (χ0n) is 15.8. The average Bonchev–Trinajstić information content (AvgIpc) is 2.72. The lowest BCUT2D eigenvalue weighted by Crippen LogP contribution is -2.19. The van der Waals surface area contributed by atoms with Gasteiger partial charge in [-0.05, 0) is 30.3 Å². The molecule has 2 rings (SSSR count). The summed E-state index contributed by atoms with van der Waals surface area (Å²) in [6, 6.07) is 14.4. The van der Waals surface area contributed by atoms with E-state index in [0.717, 1.165) is 0 Å². The number of benzene rings is 2. The molecule has 0 aliphatic rings. The molecule has 140 valence electrons. The van der Waals surface area contributed by atoms with Crippen LogP contribution in [0.15, 0.2) is 55.1 Å². The van der Waals surface area contributed by atoms with Crippen molar-refractivity contribution in [2.75, 3.05) is 20.8 Å². The van der Waals surface area contributed by atoms with Crippen LogP contribution < -0.4 is 14.2 Å². The molecule has 0 saturated carbocycles. The Bertz CT molecular complexity index is 836. The zero-order valence-corrected chi connectivity index (χ0v) is 15.8. The number of carbonyl (C=O) groups excluding carboxylic acids is 1. The molecular formula is C22H23NO4. The summed E-state index contributed by atoms with van der Waals surface area (Å²) in [5, 5.41) is 9.71. The second-order valence-corrected chi connectivity index (χ2v) is 5.99. The van der Waals surface area contributed by atoms with E-state index >= 15 is 0 Å². The molecule has 0 saturated heterocycles. The highest BCUT2D eigenvalue weighted by atomic mass is 16.5. The molecule has 0 aliphatic heterocycles. The van der Waals surface area contributed by atoms with Crippen molar-refractivity contribution in [2.24, 2.45) is 5.92 Å². The number of hydrogen-bond acceptors (Lipinski definition) is 5. The molecule has 2 aromatic rings. The molecule has 0 spiro atoms. The Morgan fingerprint density at radius 3 is 2.37 bits per heavy atom. The lowest BCUT2D eigenvalue weighted by molar-refractivity contribution is 0.0921. The first-order valence-electron chi connectivity index (χ1n) is 8.55. The van der Waals surface area contributed by atoms with Crippen LogP contribution in [0.25, 0.3) is 0 Å². The van der Waals surface area contributed by atoms with E-state index in [0.29, 0.717) is 35.0 Å². The smallest absolute Gasteiger partial charge is 0.167 e. The van der Waals surface area contributed by atoms with Gasteiger partial charge in [-0.2, -0.15) is 5.26 Å². The molecule has 0 fully saturated rings.